The van der Waals surface area contributed by atoms with Crippen LogP contribution in [-0.2, 0) is 9.53 Å². The van der Waals surface area contributed by atoms with E-state index in [4.69, 9.17) is 4.74 Å². The lowest BCUT2D eigenvalue weighted by molar-refractivity contribution is -0.147. The van der Waals surface area contributed by atoms with E-state index in [1.165, 1.54) is 19.2 Å². The van der Waals surface area contributed by atoms with Crippen LogP contribution in [0.25, 0.3) is 11.1 Å². The van der Waals surface area contributed by atoms with E-state index in [-0.39, 0.29) is 29.8 Å². The number of nitrogens with zero attached hydrogens (tertiary/aromatic N) is 2. The number of nitrogens with one attached hydrogen (secondary N) is 1. The maximum atomic E-state index is 13.6. The van der Waals surface area contributed by atoms with E-state index in [9.17, 15) is 14.0 Å². The predicted molar refractivity (Wildman–Crippen MR) is 125 cm³/mol. The molecule has 176 valence electrons. The molecule has 0 bridgehead atoms. The summed E-state index contributed by atoms with van der Waals surface area (Å²) >= 11 is 0. The Kier molecular flexibility index (Phi) is 7.40. The number of carbonyl (C=O) groups excluding carboxylic acids is 2. The number of benzene rings is 2. The van der Waals surface area contributed by atoms with Crippen LogP contribution in [0.1, 0.15) is 36.5 Å². The molecule has 4 rings (SSSR count). The second-order valence-corrected chi connectivity index (χ2v) is 8.90. The van der Waals surface area contributed by atoms with Gasteiger partial charge in [0.2, 0.25) is 0 Å². The van der Waals surface area contributed by atoms with Crippen LogP contribution in [0.5, 0.6) is 0 Å². The summed E-state index contributed by atoms with van der Waals surface area (Å²) in [7, 11) is 1.42. The standard InChI is InChI=1S/C26H32FN3O3/c1-3-29-12-10-23(11-13-29)30-17-22(16-24(30)26(32)33-2)28-25(31)20-8-4-6-18(14-20)19-7-5-9-21(27)15-19/h4-9,14-15,22-24H,3,10-13,16-17H2,1-2H3,(H,28,31)/t22-,24+/m1/s1. The van der Waals surface area contributed by atoms with E-state index in [0.717, 1.165) is 43.6 Å². The first-order valence-corrected chi connectivity index (χ1v) is 11.7. The fourth-order valence-corrected chi connectivity index (χ4v) is 5.08. The summed E-state index contributed by atoms with van der Waals surface area (Å²) in [5.74, 6) is -0.741. The zero-order chi connectivity index (χ0) is 23.4. The van der Waals surface area contributed by atoms with Crippen LogP contribution in [0.3, 0.4) is 0 Å². The topological polar surface area (TPSA) is 61.9 Å². The number of esters is 1. The van der Waals surface area contributed by atoms with Crippen molar-refractivity contribution in [3.8, 4) is 11.1 Å². The summed E-state index contributed by atoms with van der Waals surface area (Å²) in [6.07, 6.45) is 2.56. The van der Waals surface area contributed by atoms with E-state index in [0.29, 0.717) is 24.6 Å². The van der Waals surface area contributed by atoms with Gasteiger partial charge in [0.1, 0.15) is 11.9 Å². The molecule has 2 saturated heterocycles. The minimum absolute atomic E-state index is 0.136. The van der Waals surface area contributed by atoms with Crippen molar-refractivity contribution in [1.82, 2.24) is 15.1 Å². The highest BCUT2D eigenvalue weighted by Crippen LogP contribution is 2.28. The van der Waals surface area contributed by atoms with Crippen LogP contribution < -0.4 is 5.32 Å². The number of carbonyl (C=O) groups is 2. The molecule has 2 aliphatic heterocycles. The molecule has 0 spiro atoms. The third kappa shape index (κ3) is 5.42. The second kappa shape index (κ2) is 10.4. The van der Waals surface area contributed by atoms with E-state index in [2.05, 4.69) is 22.0 Å². The molecule has 0 unspecified atom stereocenters. The molecular formula is C26H32FN3O3. The Balaban J connectivity index is 1.45. The molecule has 1 amide bonds. The molecule has 2 fully saturated rings. The van der Waals surface area contributed by atoms with Gasteiger partial charge in [-0.1, -0.05) is 31.2 Å². The van der Waals surface area contributed by atoms with Gasteiger partial charge in [-0.25, -0.2) is 4.39 Å². The average Bonchev–Trinajstić information content (AvgIpc) is 3.27. The summed E-state index contributed by atoms with van der Waals surface area (Å²) in [4.78, 5) is 30.2. The van der Waals surface area contributed by atoms with Crippen molar-refractivity contribution in [2.75, 3.05) is 33.3 Å². The Morgan fingerprint density at radius 1 is 1.09 bits per heavy atom. The SMILES string of the molecule is CCN1CCC(N2C[C@H](NC(=O)c3cccc(-c4cccc(F)c4)c3)C[C@H]2C(=O)OC)CC1. The molecule has 0 radical (unpaired) electrons. The molecule has 1 N–H and O–H groups in total. The lowest BCUT2D eigenvalue weighted by atomic mass is 10.0. The number of ether oxygens (including phenoxy) is 1. The largest absolute Gasteiger partial charge is 0.468 e. The van der Waals surface area contributed by atoms with Crippen molar-refractivity contribution in [3.63, 3.8) is 0 Å². The van der Waals surface area contributed by atoms with E-state index < -0.39 is 0 Å². The Morgan fingerprint density at radius 2 is 1.79 bits per heavy atom. The Hall–Kier alpha value is -2.77. The molecule has 0 aromatic heterocycles. The molecule has 6 nitrogen and oxygen atoms in total. The fraction of sp³-hybridized carbons (Fsp3) is 0.462. The Bertz CT molecular complexity index is 990. The highest BCUT2D eigenvalue weighted by molar-refractivity contribution is 5.95. The predicted octanol–water partition coefficient (Wildman–Crippen LogP) is 3.32. The molecule has 2 atom stereocenters. The van der Waals surface area contributed by atoms with Crippen molar-refractivity contribution >= 4 is 11.9 Å². The maximum Gasteiger partial charge on any atom is 0.323 e. The van der Waals surface area contributed by atoms with Gasteiger partial charge in [0.15, 0.2) is 0 Å². The van der Waals surface area contributed by atoms with Gasteiger partial charge in [0.05, 0.1) is 7.11 Å². The molecule has 33 heavy (non-hydrogen) atoms. The van der Waals surface area contributed by atoms with Crippen molar-refractivity contribution in [2.45, 2.75) is 44.3 Å². The van der Waals surface area contributed by atoms with Crippen molar-refractivity contribution in [2.24, 2.45) is 0 Å². The maximum absolute atomic E-state index is 13.6. The van der Waals surface area contributed by atoms with Crippen LogP contribution in [0.4, 0.5) is 4.39 Å². The zero-order valence-corrected chi connectivity index (χ0v) is 19.3. The molecule has 2 aromatic carbocycles. The minimum Gasteiger partial charge on any atom is -0.468 e. The van der Waals surface area contributed by atoms with Gasteiger partial charge in [-0.15, -0.1) is 0 Å². The molecule has 7 heteroatoms. The number of methoxy groups -OCH3 is 1. The molecule has 2 heterocycles. The smallest absolute Gasteiger partial charge is 0.323 e. The van der Waals surface area contributed by atoms with Gasteiger partial charge < -0.3 is 15.0 Å². The fourth-order valence-electron chi connectivity index (χ4n) is 5.08. The highest BCUT2D eigenvalue weighted by atomic mass is 19.1. The number of amides is 1. The average molecular weight is 454 g/mol. The molecular weight excluding hydrogens is 421 g/mol. The normalized spacial score (nSPS) is 22.3. The van der Waals surface area contributed by atoms with Gasteiger partial charge in [-0.2, -0.15) is 0 Å². The first-order chi connectivity index (χ1) is 16.0. The third-order valence-corrected chi connectivity index (χ3v) is 6.90. The first kappa shape index (κ1) is 23.4. The van der Waals surface area contributed by atoms with Crippen molar-refractivity contribution in [1.29, 1.82) is 0 Å². The third-order valence-electron chi connectivity index (χ3n) is 6.90. The number of piperidine rings is 1. The van der Waals surface area contributed by atoms with Gasteiger partial charge in [-0.05, 0) is 74.3 Å². The molecule has 0 aliphatic carbocycles. The Morgan fingerprint density at radius 3 is 2.45 bits per heavy atom. The highest BCUT2D eigenvalue weighted by Gasteiger charge is 2.42. The van der Waals surface area contributed by atoms with Gasteiger partial charge in [0.25, 0.3) is 5.91 Å². The summed E-state index contributed by atoms with van der Waals surface area (Å²) in [5.41, 5.74) is 2.02. The monoisotopic (exact) mass is 453 g/mol. The van der Waals surface area contributed by atoms with Crippen LogP contribution >= 0.6 is 0 Å². The molecule has 0 saturated carbocycles. The van der Waals surface area contributed by atoms with E-state index >= 15 is 0 Å². The number of likely N-dealkylation sites (tertiary alicyclic amines) is 2. The zero-order valence-electron chi connectivity index (χ0n) is 19.3. The molecule has 2 aliphatic rings. The van der Waals surface area contributed by atoms with Crippen molar-refractivity contribution < 1.29 is 18.7 Å². The first-order valence-electron chi connectivity index (χ1n) is 11.7. The van der Waals surface area contributed by atoms with Crippen molar-refractivity contribution in [3.05, 3.63) is 59.9 Å². The molecule has 2 aromatic rings. The van der Waals surface area contributed by atoms with Gasteiger partial charge in [0, 0.05) is 24.2 Å². The van der Waals surface area contributed by atoms with E-state index in [1.54, 1.807) is 24.3 Å². The summed E-state index contributed by atoms with van der Waals surface area (Å²) in [6.45, 7) is 5.89. The number of hydrogen-bond donors (Lipinski definition) is 1. The van der Waals surface area contributed by atoms with Gasteiger partial charge >= 0.3 is 5.97 Å². The van der Waals surface area contributed by atoms with Crippen LogP contribution in [-0.4, -0.2) is 73.1 Å². The Labute approximate surface area is 194 Å². The number of halogens is 1. The minimum atomic E-state index is -0.336. The van der Waals surface area contributed by atoms with Crippen LogP contribution in [0.2, 0.25) is 0 Å². The lowest BCUT2D eigenvalue weighted by Crippen LogP contribution is -2.49. The quantitative estimate of drug-likeness (QED) is 0.680. The van der Waals surface area contributed by atoms with Crippen LogP contribution in [0.15, 0.2) is 48.5 Å². The van der Waals surface area contributed by atoms with Gasteiger partial charge in [-0.3, -0.25) is 14.5 Å². The summed E-state index contributed by atoms with van der Waals surface area (Å²) < 4.78 is 18.7. The summed E-state index contributed by atoms with van der Waals surface area (Å²) in [6, 6.07) is 13.4. The summed E-state index contributed by atoms with van der Waals surface area (Å²) in [5, 5.41) is 3.11. The lowest BCUT2D eigenvalue weighted by Gasteiger charge is -2.38. The number of rotatable bonds is 6. The van der Waals surface area contributed by atoms with Crippen LogP contribution in [0, 0.1) is 5.82 Å². The second-order valence-electron chi connectivity index (χ2n) is 8.90. The number of hydrogen-bond acceptors (Lipinski definition) is 5. The van der Waals surface area contributed by atoms with E-state index in [1.807, 2.05) is 12.1 Å².